The van der Waals surface area contributed by atoms with Crippen LogP contribution >= 0.6 is 27.5 Å². The van der Waals surface area contributed by atoms with Crippen molar-refractivity contribution in [2.45, 2.75) is 13.8 Å². The summed E-state index contributed by atoms with van der Waals surface area (Å²) in [4.78, 5) is 0. The molecule has 0 aliphatic heterocycles. The minimum atomic E-state index is 0.530. The van der Waals surface area contributed by atoms with Crippen molar-refractivity contribution in [1.29, 1.82) is 0 Å². The van der Waals surface area contributed by atoms with Crippen LogP contribution < -0.4 is 4.74 Å². The highest BCUT2D eigenvalue weighted by Gasteiger charge is 2.00. The highest BCUT2D eigenvalue weighted by Crippen LogP contribution is 2.26. The maximum atomic E-state index is 5.90. The first-order chi connectivity index (χ1) is 6.09. The van der Waals surface area contributed by atoms with E-state index in [0.29, 0.717) is 10.9 Å². The van der Waals surface area contributed by atoms with Gasteiger partial charge in [0.2, 0.25) is 0 Å². The fourth-order valence-corrected chi connectivity index (χ4v) is 1.25. The van der Waals surface area contributed by atoms with Crippen molar-refractivity contribution >= 4 is 27.5 Å². The zero-order valence-corrected chi connectivity index (χ0v) is 10.0. The van der Waals surface area contributed by atoms with Gasteiger partial charge in [0.1, 0.15) is 5.75 Å². The standard InChI is InChI=1S/C10H12BrClO/c1-7(2)6-13-8-3-4-9(11)10(12)5-8/h3-5,7H,6H2,1-2H3. The van der Waals surface area contributed by atoms with Crippen molar-refractivity contribution in [3.8, 4) is 5.75 Å². The van der Waals surface area contributed by atoms with Crippen LogP contribution in [0.5, 0.6) is 5.75 Å². The van der Waals surface area contributed by atoms with Gasteiger partial charge >= 0.3 is 0 Å². The average molecular weight is 264 g/mol. The Kier molecular flexibility index (Phi) is 4.07. The Morgan fingerprint density at radius 2 is 2.15 bits per heavy atom. The molecule has 0 N–H and O–H groups in total. The number of benzene rings is 1. The van der Waals surface area contributed by atoms with E-state index in [2.05, 4.69) is 29.8 Å². The molecular formula is C10H12BrClO. The normalized spacial score (nSPS) is 10.5. The lowest BCUT2D eigenvalue weighted by atomic mass is 10.2. The van der Waals surface area contributed by atoms with Crippen molar-refractivity contribution in [2.75, 3.05) is 6.61 Å². The average Bonchev–Trinajstić information content (AvgIpc) is 2.07. The molecule has 0 heterocycles. The van der Waals surface area contributed by atoms with Crippen molar-refractivity contribution in [3.63, 3.8) is 0 Å². The topological polar surface area (TPSA) is 9.23 Å². The summed E-state index contributed by atoms with van der Waals surface area (Å²) < 4.78 is 6.39. The first kappa shape index (κ1) is 10.9. The molecule has 0 radical (unpaired) electrons. The van der Waals surface area contributed by atoms with Crippen molar-refractivity contribution in [2.24, 2.45) is 5.92 Å². The van der Waals surface area contributed by atoms with Crippen LogP contribution in [0.25, 0.3) is 0 Å². The molecule has 0 fully saturated rings. The highest BCUT2D eigenvalue weighted by molar-refractivity contribution is 9.10. The van der Waals surface area contributed by atoms with Crippen LogP contribution in [-0.4, -0.2) is 6.61 Å². The molecule has 1 aromatic carbocycles. The monoisotopic (exact) mass is 262 g/mol. The molecule has 1 rings (SSSR count). The van der Waals surface area contributed by atoms with Crippen LogP contribution in [0.3, 0.4) is 0 Å². The van der Waals surface area contributed by atoms with Gasteiger partial charge in [0.05, 0.1) is 11.6 Å². The number of rotatable bonds is 3. The third-order valence-corrected chi connectivity index (χ3v) is 2.71. The van der Waals surface area contributed by atoms with Gasteiger partial charge in [0.25, 0.3) is 0 Å². The van der Waals surface area contributed by atoms with Crippen LogP contribution in [0, 0.1) is 5.92 Å². The Labute approximate surface area is 92.2 Å². The minimum absolute atomic E-state index is 0.530. The van der Waals surface area contributed by atoms with Crippen LogP contribution in [0.2, 0.25) is 5.02 Å². The smallest absolute Gasteiger partial charge is 0.120 e. The number of halogens is 2. The van der Waals surface area contributed by atoms with Gasteiger partial charge in [-0.1, -0.05) is 25.4 Å². The summed E-state index contributed by atoms with van der Waals surface area (Å²) in [6.45, 7) is 4.94. The van der Waals surface area contributed by atoms with Gasteiger partial charge < -0.3 is 4.74 Å². The van der Waals surface area contributed by atoms with E-state index in [1.807, 2.05) is 18.2 Å². The predicted molar refractivity (Wildman–Crippen MR) is 59.5 cm³/mol. The largest absolute Gasteiger partial charge is 0.493 e. The summed E-state index contributed by atoms with van der Waals surface area (Å²) in [5, 5.41) is 0.682. The van der Waals surface area contributed by atoms with Gasteiger partial charge in [-0.15, -0.1) is 0 Å². The lowest BCUT2D eigenvalue weighted by Crippen LogP contribution is -2.04. The minimum Gasteiger partial charge on any atom is -0.493 e. The van der Waals surface area contributed by atoms with E-state index in [4.69, 9.17) is 16.3 Å². The summed E-state index contributed by atoms with van der Waals surface area (Å²) in [6, 6.07) is 5.60. The molecule has 0 atom stereocenters. The van der Waals surface area contributed by atoms with Crippen molar-refractivity contribution < 1.29 is 4.74 Å². The SMILES string of the molecule is CC(C)COc1ccc(Br)c(Cl)c1. The lowest BCUT2D eigenvalue weighted by molar-refractivity contribution is 0.271. The van der Waals surface area contributed by atoms with Crippen LogP contribution in [0.4, 0.5) is 0 Å². The fourth-order valence-electron chi connectivity index (χ4n) is 0.830. The molecule has 1 nitrogen and oxygen atoms in total. The first-order valence-electron chi connectivity index (χ1n) is 4.17. The zero-order valence-electron chi connectivity index (χ0n) is 7.68. The molecule has 0 bridgehead atoms. The van der Waals surface area contributed by atoms with Gasteiger partial charge in [-0.2, -0.15) is 0 Å². The summed E-state index contributed by atoms with van der Waals surface area (Å²) >= 11 is 9.22. The first-order valence-corrected chi connectivity index (χ1v) is 5.34. The second-order valence-corrected chi connectivity index (χ2v) is 4.54. The Morgan fingerprint density at radius 1 is 1.46 bits per heavy atom. The third kappa shape index (κ3) is 3.57. The maximum Gasteiger partial charge on any atom is 0.120 e. The molecule has 3 heteroatoms. The van der Waals surface area contributed by atoms with Crippen molar-refractivity contribution in [1.82, 2.24) is 0 Å². The molecule has 13 heavy (non-hydrogen) atoms. The number of ether oxygens (including phenoxy) is 1. The van der Waals surface area contributed by atoms with E-state index < -0.39 is 0 Å². The summed E-state index contributed by atoms with van der Waals surface area (Å²) in [6.07, 6.45) is 0. The third-order valence-electron chi connectivity index (χ3n) is 1.47. The van der Waals surface area contributed by atoms with E-state index >= 15 is 0 Å². The second-order valence-electron chi connectivity index (χ2n) is 3.28. The van der Waals surface area contributed by atoms with E-state index in [1.54, 1.807) is 0 Å². The van der Waals surface area contributed by atoms with Crippen LogP contribution in [-0.2, 0) is 0 Å². The van der Waals surface area contributed by atoms with E-state index in [-0.39, 0.29) is 0 Å². The Hall–Kier alpha value is -0.210. The van der Waals surface area contributed by atoms with E-state index in [1.165, 1.54) is 0 Å². The van der Waals surface area contributed by atoms with Gasteiger partial charge in [-0.05, 0) is 40.0 Å². The molecule has 0 aliphatic carbocycles. The van der Waals surface area contributed by atoms with E-state index in [9.17, 15) is 0 Å². The molecule has 0 saturated carbocycles. The summed E-state index contributed by atoms with van der Waals surface area (Å²) in [5.41, 5.74) is 0. The quantitative estimate of drug-likeness (QED) is 0.796. The Bertz CT molecular complexity index is 286. The van der Waals surface area contributed by atoms with Gasteiger partial charge in [-0.25, -0.2) is 0 Å². The zero-order chi connectivity index (χ0) is 9.84. The summed E-state index contributed by atoms with van der Waals surface area (Å²) in [5.74, 6) is 1.35. The lowest BCUT2D eigenvalue weighted by Gasteiger charge is -2.08. The molecule has 72 valence electrons. The molecule has 0 spiro atoms. The Morgan fingerprint density at radius 3 is 2.69 bits per heavy atom. The second kappa shape index (κ2) is 4.87. The van der Waals surface area contributed by atoms with Gasteiger partial charge in [0.15, 0.2) is 0 Å². The maximum absolute atomic E-state index is 5.90. The number of hydrogen-bond donors (Lipinski definition) is 0. The molecule has 0 aliphatic rings. The predicted octanol–water partition coefficient (Wildman–Crippen LogP) is 4.14. The molecule has 0 amide bonds. The molecular weight excluding hydrogens is 251 g/mol. The molecule has 0 saturated heterocycles. The van der Waals surface area contributed by atoms with Gasteiger partial charge in [-0.3, -0.25) is 0 Å². The fraction of sp³-hybridized carbons (Fsp3) is 0.400. The highest BCUT2D eigenvalue weighted by atomic mass is 79.9. The van der Waals surface area contributed by atoms with Crippen molar-refractivity contribution in [3.05, 3.63) is 27.7 Å². The Balaban J connectivity index is 2.63. The molecule has 1 aromatic rings. The molecule has 0 aromatic heterocycles. The molecule has 0 unspecified atom stereocenters. The summed E-state index contributed by atoms with van der Waals surface area (Å²) in [7, 11) is 0. The van der Waals surface area contributed by atoms with Crippen LogP contribution in [0.1, 0.15) is 13.8 Å². The van der Waals surface area contributed by atoms with E-state index in [0.717, 1.165) is 16.8 Å². The van der Waals surface area contributed by atoms with Gasteiger partial charge in [0, 0.05) is 4.47 Å². The van der Waals surface area contributed by atoms with Crippen LogP contribution in [0.15, 0.2) is 22.7 Å². The number of hydrogen-bond acceptors (Lipinski definition) is 1.